The van der Waals surface area contributed by atoms with Gasteiger partial charge in [0.2, 0.25) is 5.91 Å². The SMILES string of the molecule is Cc1ccc2c(c1C)NC(=O)C21CCC1. The van der Waals surface area contributed by atoms with E-state index < -0.39 is 0 Å². The van der Waals surface area contributed by atoms with Gasteiger partial charge in [0.15, 0.2) is 0 Å². The minimum absolute atomic E-state index is 0.159. The first-order valence-electron chi connectivity index (χ1n) is 5.57. The second-order valence-corrected chi connectivity index (χ2v) is 4.82. The average molecular weight is 201 g/mol. The summed E-state index contributed by atoms with van der Waals surface area (Å²) < 4.78 is 0. The van der Waals surface area contributed by atoms with E-state index >= 15 is 0 Å². The maximum Gasteiger partial charge on any atom is 0.235 e. The third-order valence-electron chi connectivity index (χ3n) is 4.13. The minimum Gasteiger partial charge on any atom is -0.325 e. The largest absolute Gasteiger partial charge is 0.325 e. The van der Waals surface area contributed by atoms with E-state index in [4.69, 9.17) is 0 Å². The molecule has 1 N–H and O–H groups in total. The van der Waals surface area contributed by atoms with Crippen molar-refractivity contribution in [1.82, 2.24) is 0 Å². The van der Waals surface area contributed by atoms with Crippen molar-refractivity contribution in [2.45, 2.75) is 38.5 Å². The first-order valence-corrected chi connectivity index (χ1v) is 5.57. The van der Waals surface area contributed by atoms with Crippen LogP contribution >= 0.6 is 0 Å². The molecular weight excluding hydrogens is 186 g/mol. The van der Waals surface area contributed by atoms with Gasteiger partial charge in [0.05, 0.1) is 5.41 Å². The van der Waals surface area contributed by atoms with Crippen LogP contribution in [-0.2, 0) is 10.2 Å². The Kier molecular flexibility index (Phi) is 1.57. The minimum atomic E-state index is -0.159. The lowest BCUT2D eigenvalue weighted by molar-refractivity contribution is -0.123. The molecule has 1 aromatic carbocycles. The normalized spacial score (nSPS) is 21.1. The fourth-order valence-electron chi connectivity index (χ4n) is 2.76. The van der Waals surface area contributed by atoms with Gasteiger partial charge in [-0.1, -0.05) is 18.6 Å². The Hall–Kier alpha value is -1.31. The van der Waals surface area contributed by atoms with Gasteiger partial charge in [0.25, 0.3) is 0 Å². The number of benzene rings is 1. The van der Waals surface area contributed by atoms with Gasteiger partial charge in [0, 0.05) is 5.69 Å². The lowest BCUT2D eigenvalue weighted by Gasteiger charge is -2.36. The zero-order valence-electron chi connectivity index (χ0n) is 9.18. The molecule has 0 aromatic heterocycles. The number of amides is 1. The first-order chi connectivity index (χ1) is 7.15. The number of fused-ring (bicyclic) bond motifs is 2. The smallest absolute Gasteiger partial charge is 0.235 e. The van der Waals surface area contributed by atoms with Gasteiger partial charge in [-0.3, -0.25) is 4.79 Å². The Morgan fingerprint density at radius 1 is 1.27 bits per heavy atom. The summed E-state index contributed by atoms with van der Waals surface area (Å²) in [6, 6.07) is 4.27. The highest BCUT2D eigenvalue weighted by Gasteiger charge is 2.51. The summed E-state index contributed by atoms with van der Waals surface area (Å²) in [6.07, 6.45) is 3.22. The predicted molar refractivity (Wildman–Crippen MR) is 60.1 cm³/mol. The van der Waals surface area contributed by atoms with E-state index in [9.17, 15) is 4.79 Å². The molecule has 1 aliphatic heterocycles. The molecule has 1 amide bonds. The Bertz CT molecular complexity index is 458. The van der Waals surface area contributed by atoms with E-state index in [1.165, 1.54) is 23.1 Å². The summed E-state index contributed by atoms with van der Waals surface area (Å²) in [5.74, 6) is 0.220. The maximum absolute atomic E-state index is 12.0. The lowest BCUT2D eigenvalue weighted by atomic mass is 9.65. The number of rotatable bonds is 0. The Morgan fingerprint density at radius 3 is 2.60 bits per heavy atom. The summed E-state index contributed by atoms with van der Waals surface area (Å²) in [5, 5.41) is 3.06. The molecule has 0 bridgehead atoms. The van der Waals surface area contributed by atoms with Crippen LogP contribution in [0.1, 0.15) is 36.0 Å². The molecule has 2 aliphatic rings. The van der Waals surface area contributed by atoms with Crippen molar-refractivity contribution in [3.8, 4) is 0 Å². The zero-order valence-corrected chi connectivity index (χ0v) is 9.18. The van der Waals surface area contributed by atoms with Crippen LogP contribution in [0.2, 0.25) is 0 Å². The van der Waals surface area contributed by atoms with Crippen LogP contribution in [-0.4, -0.2) is 5.91 Å². The van der Waals surface area contributed by atoms with Crippen LogP contribution in [0.5, 0.6) is 0 Å². The van der Waals surface area contributed by atoms with Gasteiger partial charge in [-0.05, 0) is 43.4 Å². The molecule has 0 radical (unpaired) electrons. The Morgan fingerprint density at radius 2 is 2.00 bits per heavy atom. The van der Waals surface area contributed by atoms with Gasteiger partial charge in [-0.2, -0.15) is 0 Å². The quantitative estimate of drug-likeness (QED) is 0.687. The highest BCUT2D eigenvalue weighted by molar-refractivity contribution is 6.07. The van der Waals surface area contributed by atoms with Gasteiger partial charge in [-0.25, -0.2) is 0 Å². The van der Waals surface area contributed by atoms with Crippen molar-refractivity contribution in [2.24, 2.45) is 0 Å². The van der Waals surface area contributed by atoms with Crippen molar-refractivity contribution in [1.29, 1.82) is 0 Å². The monoisotopic (exact) mass is 201 g/mol. The number of anilines is 1. The molecule has 2 nitrogen and oxygen atoms in total. The molecule has 3 rings (SSSR count). The molecule has 1 aliphatic carbocycles. The summed E-state index contributed by atoms with van der Waals surface area (Å²) >= 11 is 0. The molecule has 1 saturated carbocycles. The van der Waals surface area contributed by atoms with E-state index in [0.29, 0.717) is 0 Å². The lowest BCUT2D eigenvalue weighted by Crippen LogP contribution is -2.40. The molecule has 2 heteroatoms. The number of carbonyl (C=O) groups excluding carboxylic acids is 1. The zero-order chi connectivity index (χ0) is 10.6. The van der Waals surface area contributed by atoms with E-state index in [2.05, 4.69) is 31.3 Å². The summed E-state index contributed by atoms with van der Waals surface area (Å²) in [5.41, 5.74) is 4.64. The Balaban J connectivity index is 2.23. The Labute approximate surface area is 89.7 Å². The van der Waals surface area contributed by atoms with Crippen molar-refractivity contribution in [2.75, 3.05) is 5.32 Å². The van der Waals surface area contributed by atoms with Crippen molar-refractivity contribution in [3.63, 3.8) is 0 Å². The topological polar surface area (TPSA) is 29.1 Å². The second-order valence-electron chi connectivity index (χ2n) is 4.82. The number of aryl methyl sites for hydroxylation is 1. The van der Waals surface area contributed by atoms with Gasteiger partial charge in [0.1, 0.15) is 0 Å². The van der Waals surface area contributed by atoms with E-state index in [0.717, 1.165) is 18.5 Å². The van der Waals surface area contributed by atoms with E-state index in [1.54, 1.807) is 0 Å². The standard InChI is InChI=1S/C13H15NO/c1-8-4-5-10-11(9(8)2)14-12(15)13(10)6-3-7-13/h4-5H,3,6-7H2,1-2H3,(H,14,15). The van der Waals surface area contributed by atoms with E-state index in [1.807, 2.05) is 0 Å². The van der Waals surface area contributed by atoms with Crippen molar-refractivity contribution in [3.05, 3.63) is 28.8 Å². The van der Waals surface area contributed by atoms with Crippen LogP contribution < -0.4 is 5.32 Å². The summed E-state index contributed by atoms with van der Waals surface area (Å²) in [7, 11) is 0. The first kappa shape index (κ1) is 8.96. The molecule has 0 unspecified atom stereocenters. The molecule has 78 valence electrons. The molecule has 0 saturated heterocycles. The van der Waals surface area contributed by atoms with Crippen LogP contribution in [0.15, 0.2) is 12.1 Å². The second kappa shape index (κ2) is 2.63. The van der Waals surface area contributed by atoms with Gasteiger partial charge >= 0.3 is 0 Å². The van der Waals surface area contributed by atoms with Gasteiger partial charge in [-0.15, -0.1) is 0 Å². The maximum atomic E-state index is 12.0. The fraction of sp³-hybridized carbons (Fsp3) is 0.462. The highest BCUT2D eigenvalue weighted by atomic mass is 16.2. The molecule has 1 heterocycles. The molecular formula is C13H15NO. The number of carbonyl (C=O) groups is 1. The third-order valence-corrected chi connectivity index (χ3v) is 4.13. The average Bonchev–Trinajstić information content (AvgIpc) is 2.44. The van der Waals surface area contributed by atoms with Crippen LogP contribution in [0, 0.1) is 13.8 Å². The molecule has 1 aromatic rings. The molecule has 1 fully saturated rings. The van der Waals surface area contributed by atoms with Crippen LogP contribution in [0.4, 0.5) is 5.69 Å². The number of hydrogen-bond donors (Lipinski definition) is 1. The van der Waals surface area contributed by atoms with Crippen molar-refractivity contribution < 1.29 is 4.79 Å². The van der Waals surface area contributed by atoms with E-state index in [-0.39, 0.29) is 11.3 Å². The van der Waals surface area contributed by atoms with Crippen molar-refractivity contribution >= 4 is 11.6 Å². The fourth-order valence-corrected chi connectivity index (χ4v) is 2.76. The summed E-state index contributed by atoms with van der Waals surface area (Å²) in [6.45, 7) is 4.18. The highest BCUT2D eigenvalue weighted by Crippen LogP contribution is 2.52. The molecule has 1 spiro atoms. The third kappa shape index (κ3) is 0.921. The predicted octanol–water partition coefficient (Wildman–Crippen LogP) is 2.68. The summed E-state index contributed by atoms with van der Waals surface area (Å²) in [4.78, 5) is 12.0. The molecule has 15 heavy (non-hydrogen) atoms. The number of nitrogens with one attached hydrogen (secondary N) is 1. The molecule has 0 atom stereocenters. The van der Waals surface area contributed by atoms with Crippen LogP contribution in [0.25, 0.3) is 0 Å². The van der Waals surface area contributed by atoms with Crippen LogP contribution in [0.3, 0.4) is 0 Å². The van der Waals surface area contributed by atoms with Gasteiger partial charge < -0.3 is 5.32 Å². The number of hydrogen-bond acceptors (Lipinski definition) is 1.